The third-order valence-electron chi connectivity index (χ3n) is 6.30. The maximum Gasteiger partial charge on any atom is 0.234 e. The highest BCUT2D eigenvalue weighted by Crippen LogP contribution is 2.39. The summed E-state index contributed by atoms with van der Waals surface area (Å²) in [7, 11) is 4.70. The van der Waals surface area contributed by atoms with Crippen molar-refractivity contribution in [1.29, 1.82) is 0 Å². The number of benzene rings is 1. The molecule has 1 aromatic rings. The molecule has 1 N–H and O–H groups in total. The highest BCUT2D eigenvalue weighted by atomic mass is 16.5. The molecule has 5 nitrogen and oxygen atoms in total. The zero-order chi connectivity index (χ0) is 25.2. The summed E-state index contributed by atoms with van der Waals surface area (Å²) in [6.45, 7) is 6.11. The lowest BCUT2D eigenvalue weighted by molar-refractivity contribution is -0.121. The minimum atomic E-state index is -0.646. The van der Waals surface area contributed by atoms with E-state index in [1.807, 2.05) is 19.9 Å². The van der Waals surface area contributed by atoms with E-state index in [4.69, 9.17) is 14.2 Å². The fourth-order valence-corrected chi connectivity index (χ4v) is 3.96. The molecule has 0 aliphatic carbocycles. The Kier molecular flexibility index (Phi) is 15.2. The molecule has 0 aromatic heterocycles. The Morgan fingerprint density at radius 1 is 0.794 bits per heavy atom. The highest BCUT2D eigenvalue weighted by molar-refractivity contribution is 5.98. The summed E-state index contributed by atoms with van der Waals surface area (Å²) in [5, 5.41) is 2.98. The molecule has 0 radical (unpaired) electrons. The minimum Gasteiger partial charge on any atom is -0.496 e. The second-order valence-corrected chi connectivity index (χ2v) is 9.66. The van der Waals surface area contributed by atoms with Gasteiger partial charge in [-0.05, 0) is 26.7 Å². The molecular formula is C29H49NO4. The Balaban J connectivity index is 2.35. The molecule has 1 rings (SSSR count). The molecule has 1 amide bonds. The highest BCUT2D eigenvalue weighted by Gasteiger charge is 2.27. The first kappa shape index (κ1) is 29.9. The summed E-state index contributed by atoms with van der Waals surface area (Å²) in [6.07, 6.45) is 21.3. The first-order valence-electron chi connectivity index (χ1n) is 13.2. The molecule has 34 heavy (non-hydrogen) atoms. The summed E-state index contributed by atoms with van der Waals surface area (Å²) < 4.78 is 16.2. The van der Waals surface area contributed by atoms with E-state index in [1.165, 1.54) is 77.0 Å². The Bertz CT molecular complexity index is 702. The van der Waals surface area contributed by atoms with Crippen molar-refractivity contribution in [2.45, 2.75) is 104 Å². The van der Waals surface area contributed by atoms with Crippen LogP contribution in [0.1, 0.15) is 104 Å². The molecule has 0 fully saturated rings. The Labute approximate surface area is 208 Å². The summed E-state index contributed by atoms with van der Waals surface area (Å²) >= 11 is 0. The molecule has 0 heterocycles. The SMILES string of the molecule is CCCCCCCCCCCCCCC=CC(C)(C)C(=O)Nc1c(OC)cc(OC)cc1OC. The molecule has 0 aliphatic rings. The van der Waals surface area contributed by atoms with Gasteiger partial charge in [-0.2, -0.15) is 0 Å². The smallest absolute Gasteiger partial charge is 0.234 e. The van der Waals surface area contributed by atoms with E-state index in [1.54, 1.807) is 33.5 Å². The zero-order valence-electron chi connectivity index (χ0n) is 22.6. The van der Waals surface area contributed by atoms with Crippen LogP contribution < -0.4 is 19.5 Å². The van der Waals surface area contributed by atoms with E-state index >= 15 is 0 Å². The number of nitrogens with one attached hydrogen (secondary N) is 1. The predicted molar refractivity (Wildman–Crippen MR) is 143 cm³/mol. The third kappa shape index (κ3) is 11.3. The lowest BCUT2D eigenvalue weighted by atomic mass is 9.91. The molecule has 194 valence electrons. The maximum atomic E-state index is 13.0. The number of amides is 1. The van der Waals surface area contributed by atoms with Crippen molar-refractivity contribution in [2.24, 2.45) is 5.41 Å². The monoisotopic (exact) mass is 475 g/mol. The molecule has 0 aliphatic heterocycles. The van der Waals surface area contributed by atoms with Crippen LogP contribution in [-0.2, 0) is 4.79 Å². The maximum absolute atomic E-state index is 13.0. The average molecular weight is 476 g/mol. The number of carbonyl (C=O) groups is 1. The second kappa shape index (κ2) is 17.3. The van der Waals surface area contributed by atoms with E-state index in [2.05, 4.69) is 18.3 Å². The van der Waals surface area contributed by atoms with Gasteiger partial charge < -0.3 is 19.5 Å². The van der Waals surface area contributed by atoms with E-state index in [-0.39, 0.29) is 5.91 Å². The van der Waals surface area contributed by atoms with Crippen LogP contribution in [0.15, 0.2) is 24.3 Å². The van der Waals surface area contributed by atoms with Crippen LogP contribution in [0.5, 0.6) is 17.2 Å². The van der Waals surface area contributed by atoms with Gasteiger partial charge in [0.25, 0.3) is 0 Å². The van der Waals surface area contributed by atoms with Gasteiger partial charge in [-0.3, -0.25) is 4.79 Å². The van der Waals surface area contributed by atoms with Crippen molar-refractivity contribution in [3.05, 3.63) is 24.3 Å². The molecule has 5 heteroatoms. The van der Waals surface area contributed by atoms with Crippen molar-refractivity contribution in [1.82, 2.24) is 0 Å². The first-order valence-corrected chi connectivity index (χ1v) is 13.2. The van der Waals surface area contributed by atoms with E-state index in [9.17, 15) is 4.79 Å². The number of unbranched alkanes of at least 4 members (excludes halogenated alkanes) is 12. The van der Waals surface area contributed by atoms with Crippen molar-refractivity contribution in [3.63, 3.8) is 0 Å². The number of anilines is 1. The van der Waals surface area contributed by atoms with Crippen molar-refractivity contribution in [2.75, 3.05) is 26.6 Å². The molecule has 0 bridgehead atoms. The molecule has 0 atom stereocenters. The normalized spacial score (nSPS) is 11.6. The fourth-order valence-electron chi connectivity index (χ4n) is 3.96. The summed E-state index contributed by atoms with van der Waals surface area (Å²) in [4.78, 5) is 13.0. The fraction of sp³-hybridized carbons (Fsp3) is 0.690. The Morgan fingerprint density at radius 2 is 1.26 bits per heavy atom. The summed E-state index contributed by atoms with van der Waals surface area (Å²) in [5.74, 6) is 1.50. The number of carbonyl (C=O) groups excluding carboxylic acids is 1. The quantitative estimate of drug-likeness (QED) is 0.161. The minimum absolute atomic E-state index is 0.111. The second-order valence-electron chi connectivity index (χ2n) is 9.66. The standard InChI is InChI=1S/C29H49NO4/c1-7-8-9-10-11-12-13-14-15-16-17-18-19-20-21-29(2,3)28(31)30-27-25(33-5)22-24(32-4)23-26(27)34-6/h20-23H,7-19H2,1-6H3,(H,30,31). The van der Waals surface area contributed by atoms with Crippen molar-refractivity contribution < 1.29 is 19.0 Å². The summed E-state index contributed by atoms with van der Waals surface area (Å²) in [6, 6.07) is 3.46. The van der Waals surface area contributed by atoms with Crippen LogP contribution in [0, 0.1) is 5.41 Å². The van der Waals surface area contributed by atoms with Gasteiger partial charge in [0, 0.05) is 12.1 Å². The van der Waals surface area contributed by atoms with Gasteiger partial charge in [-0.1, -0.05) is 89.7 Å². The lowest BCUT2D eigenvalue weighted by Gasteiger charge is -2.22. The lowest BCUT2D eigenvalue weighted by Crippen LogP contribution is -2.29. The van der Waals surface area contributed by atoms with Crippen LogP contribution in [0.4, 0.5) is 5.69 Å². The van der Waals surface area contributed by atoms with Crippen molar-refractivity contribution >= 4 is 11.6 Å². The predicted octanol–water partition coefficient (Wildman–Crippen LogP) is 8.32. The van der Waals surface area contributed by atoms with Gasteiger partial charge >= 0.3 is 0 Å². The molecule has 1 aromatic carbocycles. The number of ether oxygens (including phenoxy) is 3. The van der Waals surface area contributed by atoms with Crippen LogP contribution in [0.2, 0.25) is 0 Å². The average Bonchev–Trinajstić information content (AvgIpc) is 2.84. The number of hydrogen-bond acceptors (Lipinski definition) is 4. The van der Waals surface area contributed by atoms with E-state index in [0.717, 1.165) is 6.42 Å². The molecule has 0 saturated heterocycles. The molecular weight excluding hydrogens is 426 g/mol. The van der Waals surface area contributed by atoms with Gasteiger partial charge in [0.15, 0.2) is 0 Å². The molecule has 0 saturated carbocycles. The van der Waals surface area contributed by atoms with Gasteiger partial charge in [-0.25, -0.2) is 0 Å². The largest absolute Gasteiger partial charge is 0.496 e. The Morgan fingerprint density at radius 3 is 1.71 bits per heavy atom. The topological polar surface area (TPSA) is 56.8 Å². The first-order chi connectivity index (χ1) is 16.4. The van der Waals surface area contributed by atoms with Crippen LogP contribution in [-0.4, -0.2) is 27.2 Å². The van der Waals surface area contributed by atoms with E-state index in [0.29, 0.717) is 22.9 Å². The number of allylic oxidation sites excluding steroid dienone is 1. The number of hydrogen-bond donors (Lipinski definition) is 1. The zero-order valence-corrected chi connectivity index (χ0v) is 22.6. The third-order valence-corrected chi connectivity index (χ3v) is 6.30. The van der Waals surface area contributed by atoms with Crippen LogP contribution in [0.3, 0.4) is 0 Å². The van der Waals surface area contributed by atoms with Gasteiger partial charge in [0.2, 0.25) is 5.91 Å². The van der Waals surface area contributed by atoms with Gasteiger partial charge in [0.05, 0.1) is 26.7 Å². The molecule has 0 spiro atoms. The van der Waals surface area contributed by atoms with Crippen LogP contribution >= 0.6 is 0 Å². The summed E-state index contributed by atoms with van der Waals surface area (Å²) in [5.41, 5.74) is -0.134. The van der Waals surface area contributed by atoms with Gasteiger partial charge in [-0.15, -0.1) is 0 Å². The van der Waals surface area contributed by atoms with Crippen molar-refractivity contribution in [3.8, 4) is 17.2 Å². The van der Waals surface area contributed by atoms with E-state index < -0.39 is 5.41 Å². The number of rotatable bonds is 19. The number of methoxy groups -OCH3 is 3. The molecule has 0 unspecified atom stereocenters. The van der Waals surface area contributed by atoms with Crippen LogP contribution in [0.25, 0.3) is 0 Å². The Hall–Kier alpha value is -2.17. The van der Waals surface area contributed by atoms with Gasteiger partial charge in [0.1, 0.15) is 22.9 Å².